The van der Waals surface area contributed by atoms with Gasteiger partial charge in [-0.15, -0.1) is 0 Å². The van der Waals surface area contributed by atoms with Crippen LogP contribution in [0.4, 0.5) is 0 Å². The average Bonchev–Trinajstić information content (AvgIpc) is 2.74. The van der Waals surface area contributed by atoms with Crippen molar-refractivity contribution in [3.63, 3.8) is 0 Å². The van der Waals surface area contributed by atoms with Gasteiger partial charge >= 0.3 is 0 Å². The number of aromatic nitrogens is 1. The van der Waals surface area contributed by atoms with E-state index in [4.69, 9.17) is 0 Å². The first kappa shape index (κ1) is 10.4. The van der Waals surface area contributed by atoms with E-state index < -0.39 is 0 Å². The average molecular weight is 233 g/mol. The number of rotatable bonds is 0. The fourth-order valence-corrected chi connectivity index (χ4v) is 2.45. The molecular formula is C12H15N3O2. The Kier molecular flexibility index (Phi) is 2.39. The van der Waals surface area contributed by atoms with E-state index in [9.17, 15) is 9.90 Å². The van der Waals surface area contributed by atoms with Crippen LogP contribution in [0.5, 0.6) is 5.75 Å². The Hall–Kier alpha value is -1.78. The summed E-state index contributed by atoms with van der Waals surface area (Å²) in [6, 6.07) is 1.47. The first-order valence-corrected chi connectivity index (χ1v) is 6.00. The zero-order valence-corrected chi connectivity index (χ0v) is 9.59. The van der Waals surface area contributed by atoms with Gasteiger partial charge in [0, 0.05) is 19.2 Å². The highest BCUT2D eigenvalue weighted by molar-refractivity contribution is 5.85. The quantitative estimate of drug-likeness (QED) is 0.719. The number of hydrogen-bond acceptors (Lipinski definition) is 4. The van der Waals surface area contributed by atoms with E-state index in [2.05, 4.69) is 9.89 Å². The Morgan fingerprint density at radius 1 is 1.24 bits per heavy atom. The molecule has 0 aromatic carbocycles. The molecule has 17 heavy (non-hydrogen) atoms. The van der Waals surface area contributed by atoms with Crippen molar-refractivity contribution < 1.29 is 5.11 Å². The van der Waals surface area contributed by atoms with Crippen molar-refractivity contribution in [2.24, 2.45) is 4.99 Å². The second-order valence-corrected chi connectivity index (χ2v) is 4.55. The Balaban J connectivity index is 1.96. The lowest BCUT2D eigenvalue weighted by Gasteiger charge is -2.29. The van der Waals surface area contributed by atoms with Crippen LogP contribution >= 0.6 is 0 Å². The van der Waals surface area contributed by atoms with Gasteiger partial charge in [0.05, 0.1) is 18.4 Å². The molecule has 0 unspecified atom stereocenters. The topological polar surface area (TPSA) is 57.8 Å². The van der Waals surface area contributed by atoms with Crippen molar-refractivity contribution in [2.45, 2.75) is 25.8 Å². The highest BCUT2D eigenvalue weighted by Crippen LogP contribution is 2.18. The molecule has 3 rings (SSSR count). The lowest BCUT2D eigenvalue weighted by Crippen LogP contribution is -2.39. The van der Waals surface area contributed by atoms with E-state index in [0.717, 1.165) is 24.7 Å². The summed E-state index contributed by atoms with van der Waals surface area (Å²) in [5, 5.41) is 9.49. The summed E-state index contributed by atoms with van der Waals surface area (Å²) in [6.45, 7) is 2.54. The van der Waals surface area contributed by atoms with Crippen LogP contribution in [0, 0.1) is 0 Å². The number of fused-ring (bicyclic) bond motifs is 1. The molecular weight excluding hydrogens is 218 g/mol. The predicted molar refractivity (Wildman–Crippen MR) is 64.3 cm³/mol. The van der Waals surface area contributed by atoms with Crippen LogP contribution in [0.25, 0.3) is 0 Å². The van der Waals surface area contributed by atoms with Gasteiger partial charge in [0.1, 0.15) is 0 Å². The van der Waals surface area contributed by atoms with Gasteiger partial charge < -0.3 is 10.0 Å². The smallest absolute Gasteiger partial charge is 0.223 e. The molecule has 3 heterocycles. The summed E-state index contributed by atoms with van der Waals surface area (Å²) in [5.74, 6) is 0.662. The highest BCUT2D eigenvalue weighted by Gasteiger charge is 2.22. The molecule has 90 valence electrons. The molecule has 1 fully saturated rings. The van der Waals surface area contributed by atoms with Crippen LogP contribution in [0.2, 0.25) is 0 Å². The third kappa shape index (κ3) is 1.71. The molecule has 0 radical (unpaired) electrons. The number of aliphatic imine (C=N–C) groups is 1. The van der Waals surface area contributed by atoms with E-state index in [1.165, 1.54) is 31.5 Å². The maximum atomic E-state index is 11.3. The Morgan fingerprint density at radius 2 is 2.00 bits per heavy atom. The van der Waals surface area contributed by atoms with Crippen molar-refractivity contribution >= 4 is 5.96 Å². The van der Waals surface area contributed by atoms with Crippen LogP contribution in [0.15, 0.2) is 22.1 Å². The SMILES string of the molecule is O=c1cc2n(cc1O)C(N1CCCCC1)=NC2. The Bertz CT molecular complexity index is 527. The van der Waals surface area contributed by atoms with Gasteiger partial charge in [0.15, 0.2) is 5.75 Å². The number of hydrogen-bond donors (Lipinski definition) is 1. The third-order valence-electron chi connectivity index (χ3n) is 3.35. The number of likely N-dealkylation sites (tertiary alicyclic amines) is 1. The Labute approximate surface area is 99.0 Å². The summed E-state index contributed by atoms with van der Waals surface area (Å²) >= 11 is 0. The lowest BCUT2D eigenvalue weighted by atomic mass is 10.1. The summed E-state index contributed by atoms with van der Waals surface area (Å²) < 4.78 is 1.84. The first-order valence-electron chi connectivity index (χ1n) is 6.00. The second-order valence-electron chi connectivity index (χ2n) is 4.55. The van der Waals surface area contributed by atoms with Crippen LogP contribution in [-0.4, -0.2) is 33.6 Å². The van der Waals surface area contributed by atoms with E-state index in [1.54, 1.807) is 0 Å². The number of nitrogens with zero attached hydrogens (tertiary/aromatic N) is 3. The zero-order chi connectivity index (χ0) is 11.8. The highest BCUT2D eigenvalue weighted by atomic mass is 16.3. The molecule has 0 bridgehead atoms. The molecule has 1 aromatic heterocycles. The minimum atomic E-state index is -0.327. The van der Waals surface area contributed by atoms with Gasteiger partial charge in [-0.25, -0.2) is 4.99 Å². The number of piperidine rings is 1. The fraction of sp³-hybridized carbons (Fsp3) is 0.500. The molecule has 1 aromatic rings. The maximum Gasteiger partial charge on any atom is 0.223 e. The van der Waals surface area contributed by atoms with E-state index >= 15 is 0 Å². The van der Waals surface area contributed by atoms with Crippen LogP contribution in [-0.2, 0) is 6.54 Å². The minimum absolute atomic E-state index is 0.208. The molecule has 0 amide bonds. The number of aromatic hydroxyl groups is 1. The fourth-order valence-electron chi connectivity index (χ4n) is 2.45. The van der Waals surface area contributed by atoms with Gasteiger partial charge in [-0.05, 0) is 19.3 Å². The van der Waals surface area contributed by atoms with E-state index in [0.29, 0.717) is 6.54 Å². The predicted octanol–water partition coefficient (Wildman–Crippen LogP) is 0.758. The maximum absolute atomic E-state index is 11.3. The van der Waals surface area contributed by atoms with Gasteiger partial charge in [-0.3, -0.25) is 9.36 Å². The molecule has 5 nitrogen and oxygen atoms in total. The second kappa shape index (κ2) is 3.91. The number of pyridine rings is 1. The summed E-state index contributed by atoms with van der Waals surface area (Å²) in [7, 11) is 0. The monoisotopic (exact) mass is 233 g/mol. The van der Waals surface area contributed by atoms with Crippen molar-refractivity contribution in [1.29, 1.82) is 0 Å². The van der Waals surface area contributed by atoms with Crippen molar-refractivity contribution in [3.8, 4) is 5.75 Å². The van der Waals surface area contributed by atoms with E-state index in [-0.39, 0.29) is 11.2 Å². The largest absolute Gasteiger partial charge is 0.503 e. The normalized spacial score (nSPS) is 19.1. The van der Waals surface area contributed by atoms with Gasteiger partial charge in [-0.2, -0.15) is 0 Å². The summed E-state index contributed by atoms with van der Waals surface area (Å²) in [4.78, 5) is 18.0. The lowest BCUT2D eigenvalue weighted by molar-refractivity contribution is 0.334. The van der Waals surface area contributed by atoms with Gasteiger partial charge in [0.2, 0.25) is 11.4 Å². The molecule has 1 N–H and O–H groups in total. The van der Waals surface area contributed by atoms with Crippen molar-refractivity contribution in [1.82, 2.24) is 9.47 Å². The summed E-state index contributed by atoms with van der Waals surface area (Å²) in [5.41, 5.74) is 0.528. The van der Waals surface area contributed by atoms with Crippen molar-refractivity contribution in [3.05, 3.63) is 28.2 Å². The van der Waals surface area contributed by atoms with Gasteiger partial charge in [0.25, 0.3) is 0 Å². The van der Waals surface area contributed by atoms with Crippen LogP contribution in [0.1, 0.15) is 25.0 Å². The first-order chi connectivity index (χ1) is 8.25. The molecule has 5 heteroatoms. The summed E-state index contributed by atoms with van der Waals surface area (Å²) in [6.07, 6.45) is 5.12. The minimum Gasteiger partial charge on any atom is -0.503 e. The van der Waals surface area contributed by atoms with Crippen LogP contribution < -0.4 is 5.43 Å². The molecule has 0 atom stereocenters. The van der Waals surface area contributed by atoms with Crippen molar-refractivity contribution in [2.75, 3.05) is 13.1 Å². The molecule has 2 aliphatic rings. The molecule has 0 saturated carbocycles. The van der Waals surface area contributed by atoms with E-state index in [1.807, 2.05) is 4.57 Å². The Morgan fingerprint density at radius 3 is 2.76 bits per heavy atom. The molecule has 0 spiro atoms. The standard InChI is InChI=1S/C12H15N3O2/c16-10-6-9-7-13-12(15(9)8-11(10)17)14-4-2-1-3-5-14/h6,8,17H,1-5,7H2. The molecule has 0 aliphatic carbocycles. The third-order valence-corrected chi connectivity index (χ3v) is 3.35. The molecule has 2 aliphatic heterocycles. The van der Waals surface area contributed by atoms with Crippen LogP contribution in [0.3, 0.4) is 0 Å². The zero-order valence-electron chi connectivity index (χ0n) is 9.59. The molecule has 1 saturated heterocycles. The van der Waals surface area contributed by atoms with Gasteiger partial charge in [-0.1, -0.05) is 0 Å².